The summed E-state index contributed by atoms with van der Waals surface area (Å²) in [5.41, 5.74) is 6.49. The van der Waals surface area contributed by atoms with Crippen LogP contribution in [0.25, 0.3) is 33.4 Å². The van der Waals surface area contributed by atoms with Crippen LogP contribution < -0.4 is 15.0 Å². The summed E-state index contributed by atoms with van der Waals surface area (Å²) < 4.78 is 20.0. The normalized spacial score (nSPS) is 17.7. The van der Waals surface area contributed by atoms with Gasteiger partial charge in [-0.25, -0.2) is 0 Å². The summed E-state index contributed by atoms with van der Waals surface area (Å²) in [5.74, 6) is 1.21. The molecule has 1 saturated heterocycles. The molecule has 50 heavy (non-hydrogen) atoms. The van der Waals surface area contributed by atoms with E-state index in [1.807, 2.05) is 36.4 Å². The van der Waals surface area contributed by atoms with Gasteiger partial charge in [0.05, 0.1) is 30.2 Å². The average molecular weight is 717 g/mol. The number of aliphatic hydroxyl groups is 2. The molecule has 5 aromatic rings. The molecule has 11 nitrogen and oxygen atoms in total. The smallest absolute Gasteiger partial charge is 0.236 e. The largest absolute Gasteiger partial charge is 0.481 e. The molecule has 13 heteroatoms. The molecule has 2 atom stereocenters. The van der Waals surface area contributed by atoms with Crippen molar-refractivity contribution in [1.82, 2.24) is 14.5 Å². The van der Waals surface area contributed by atoms with Crippen LogP contribution in [0.4, 0.5) is 0 Å². The number of hydrogen-bond acceptors (Lipinski definition) is 10. The molecule has 2 aromatic carbocycles. The lowest BCUT2D eigenvalue weighted by Crippen LogP contribution is -2.23. The van der Waals surface area contributed by atoms with Crippen LogP contribution in [0.3, 0.4) is 0 Å². The van der Waals surface area contributed by atoms with Gasteiger partial charge in [0.1, 0.15) is 35.6 Å². The molecule has 1 aliphatic heterocycles. The first kappa shape index (κ1) is 33.9. The number of halogens is 2. The van der Waals surface area contributed by atoms with Gasteiger partial charge in [-0.2, -0.15) is 10.2 Å². The topological polar surface area (TPSA) is 138 Å². The Labute approximate surface area is 298 Å². The van der Waals surface area contributed by atoms with Gasteiger partial charge in [0.15, 0.2) is 11.1 Å². The molecule has 4 heterocycles. The Kier molecular flexibility index (Phi) is 9.73. The molecule has 7 rings (SSSR count). The molecule has 2 aliphatic rings. The number of aromatic nitrogens is 2. The van der Waals surface area contributed by atoms with E-state index in [1.165, 1.54) is 7.11 Å². The van der Waals surface area contributed by atoms with Crippen molar-refractivity contribution in [3.8, 4) is 40.3 Å². The molecule has 0 amide bonds. The zero-order valence-electron chi connectivity index (χ0n) is 27.5. The highest BCUT2D eigenvalue weighted by Crippen LogP contribution is 2.45. The Bertz CT molecular complexity index is 2190. The molecule has 1 aliphatic carbocycles. The number of β-amino-alcohol motifs (C(OH)–C–C–N with tert-alkyl or cyclic N) is 1. The minimum Gasteiger partial charge on any atom is -0.481 e. The van der Waals surface area contributed by atoms with Crippen molar-refractivity contribution < 1.29 is 28.9 Å². The Morgan fingerprint density at radius 2 is 1.88 bits per heavy atom. The van der Waals surface area contributed by atoms with E-state index >= 15 is 0 Å². The molecule has 0 spiro atoms. The van der Waals surface area contributed by atoms with Crippen LogP contribution in [0, 0.1) is 11.3 Å². The zero-order chi connectivity index (χ0) is 34.9. The van der Waals surface area contributed by atoms with Crippen LogP contribution in [0.1, 0.15) is 41.2 Å². The van der Waals surface area contributed by atoms with Crippen molar-refractivity contribution in [2.75, 3.05) is 33.9 Å². The van der Waals surface area contributed by atoms with E-state index in [0.717, 1.165) is 53.6 Å². The monoisotopic (exact) mass is 715 g/mol. The summed E-state index contributed by atoms with van der Waals surface area (Å²) in [4.78, 5) is 11.9. The lowest BCUT2D eigenvalue weighted by atomic mass is 9.95. The fraction of sp³-hybridized carbons (Fsp3) is 0.324. The lowest BCUT2D eigenvalue weighted by Gasteiger charge is -2.20. The third-order valence-corrected chi connectivity index (χ3v) is 9.93. The maximum absolute atomic E-state index is 9.94. The Balaban J connectivity index is 1.21. The van der Waals surface area contributed by atoms with Gasteiger partial charge < -0.3 is 33.5 Å². The molecule has 3 aromatic heterocycles. The number of hydrogen-bond donors (Lipinski definition) is 2. The summed E-state index contributed by atoms with van der Waals surface area (Å²) in [6, 6.07) is 17.7. The molecular weight excluding hydrogens is 681 g/mol. The number of likely N-dealkylation sites (tertiary alicyclic amines) is 1. The van der Waals surface area contributed by atoms with Crippen LogP contribution in [-0.2, 0) is 24.3 Å². The molecule has 1 fully saturated rings. The van der Waals surface area contributed by atoms with E-state index in [0.29, 0.717) is 68.2 Å². The van der Waals surface area contributed by atoms with Gasteiger partial charge in [0.25, 0.3) is 0 Å². The fourth-order valence-electron chi connectivity index (χ4n) is 6.99. The Hall–Kier alpha value is -4.57. The van der Waals surface area contributed by atoms with Crippen LogP contribution in [0.5, 0.6) is 11.8 Å². The number of rotatable bonds is 10. The number of ether oxygens (including phenoxy) is 2. The number of nitriles is 1. The number of fused-ring (bicyclic) bond motifs is 2. The van der Waals surface area contributed by atoms with Gasteiger partial charge >= 0.3 is 0 Å². The average Bonchev–Trinajstić information content (AvgIpc) is 3.86. The third kappa shape index (κ3) is 6.30. The minimum atomic E-state index is -0.323. The first-order valence-corrected chi connectivity index (χ1v) is 17.1. The van der Waals surface area contributed by atoms with Gasteiger partial charge in [-0.3, -0.25) is 4.90 Å². The predicted molar refractivity (Wildman–Crippen MR) is 188 cm³/mol. The third-order valence-electron chi connectivity index (χ3n) is 9.26. The van der Waals surface area contributed by atoms with Gasteiger partial charge in [-0.15, -0.1) is 0 Å². The van der Waals surface area contributed by atoms with Gasteiger partial charge in [-0.05, 0) is 54.2 Å². The lowest BCUT2D eigenvalue weighted by molar-refractivity contribution is 0.174. The second-order valence-electron chi connectivity index (χ2n) is 12.3. The quantitative estimate of drug-likeness (QED) is 0.161. The molecule has 0 radical (unpaired) electrons. The minimum absolute atomic E-state index is 0.144. The molecule has 2 N–H and O–H groups in total. The van der Waals surface area contributed by atoms with Crippen LogP contribution in [-0.4, -0.2) is 64.7 Å². The fourth-order valence-corrected chi connectivity index (χ4v) is 7.52. The van der Waals surface area contributed by atoms with Crippen LogP contribution >= 0.6 is 23.2 Å². The SMILES string of the molecule is CO/N=c1/c2cc(-c3cccc(-c4cccc5c4CC[C@@H]5Oc4nc(OC)c(CN5CC[C@@H](O)C5)cc4Cl)c3Cl)oc2c(C#N)cn1CCO. The number of furan rings is 1. The zero-order valence-corrected chi connectivity index (χ0v) is 29.0. The van der Waals surface area contributed by atoms with Crippen molar-refractivity contribution in [3.63, 3.8) is 0 Å². The number of aliphatic hydroxyl groups excluding tert-OH is 2. The maximum atomic E-state index is 9.94. The highest BCUT2D eigenvalue weighted by molar-refractivity contribution is 6.36. The maximum Gasteiger partial charge on any atom is 0.236 e. The molecule has 0 bridgehead atoms. The summed E-state index contributed by atoms with van der Waals surface area (Å²) in [7, 11) is 3.01. The van der Waals surface area contributed by atoms with Crippen LogP contribution in [0.2, 0.25) is 10.0 Å². The van der Waals surface area contributed by atoms with Crippen molar-refractivity contribution in [3.05, 3.63) is 92.5 Å². The van der Waals surface area contributed by atoms with Gasteiger partial charge in [0.2, 0.25) is 11.8 Å². The number of pyridine rings is 2. The Morgan fingerprint density at radius 3 is 2.62 bits per heavy atom. The van der Waals surface area contributed by atoms with E-state index in [-0.39, 0.29) is 25.4 Å². The second kappa shape index (κ2) is 14.3. The van der Waals surface area contributed by atoms with Crippen LogP contribution in [0.15, 0.2) is 64.3 Å². The first-order chi connectivity index (χ1) is 24.3. The van der Waals surface area contributed by atoms with E-state index in [4.69, 9.17) is 41.9 Å². The van der Waals surface area contributed by atoms with E-state index in [2.05, 4.69) is 27.2 Å². The summed E-state index contributed by atoms with van der Waals surface area (Å²) in [6.45, 7) is 2.05. The summed E-state index contributed by atoms with van der Waals surface area (Å²) in [6.07, 6.45) is 3.19. The molecule has 0 unspecified atom stereocenters. The van der Waals surface area contributed by atoms with Crippen molar-refractivity contribution >= 4 is 34.2 Å². The van der Waals surface area contributed by atoms with E-state index in [1.54, 1.807) is 23.9 Å². The van der Waals surface area contributed by atoms with Crippen molar-refractivity contribution in [2.24, 2.45) is 5.16 Å². The molecule has 258 valence electrons. The van der Waals surface area contributed by atoms with Gasteiger partial charge in [-0.1, -0.05) is 58.7 Å². The van der Waals surface area contributed by atoms with Gasteiger partial charge in [0, 0.05) is 49.1 Å². The van der Waals surface area contributed by atoms with E-state index in [9.17, 15) is 15.5 Å². The highest BCUT2D eigenvalue weighted by atomic mass is 35.5. The number of methoxy groups -OCH3 is 1. The Morgan fingerprint density at radius 1 is 1.08 bits per heavy atom. The summed E-state index contributed by atoms with van der Waals surface area (Å²) in [5, 5.41) is 35.0. The van der Waals surface area contributed by atoms with Crippen molar-refractivity contribution in [1.29, 1.82) is 5.26 Å². The molecule has 0 saturated carbocycles. The number of nitrogens with zero attached hydrogens (tertiary/aromatic N) is 5. The first-order valence-electron chi connectivity index (χ1n) is 16.3. The van der Waals surface area contributed by atoms with Crippen molar-refractivity contribution in [2.45, 2.75) is 44.6 Å². The molecular formula is C37H35Cl2N5O6. The second-order valence-corrected chi connectivity index (χ2v) is 13.1. The van der Waals surface area contributed by atoms with E-state index < -0.39 is 0 Å². The summed E-state index contributed by atoms with van der Waals surface area (Å²) >= 11 is 13.9. The predicted octanol–water partition coefficient (Wildman–Crippen LogP) is 6.24. The standard InChI is InChI=1S/C37H35Cl2N5O6/c1-47-36-21(18-43-12-11-23(46)20-43)15-30(38)37(41-36)50-31-10-9-25-24(5-3-6-26(25)31)27-7-4-8-28(33(27)39)32-16-29-34(49-32)22(17-40)19-44(13-14-45)35(29)42-48-2/h3-8,15-16,19,23,31,45-46H,9-14,18,20H2,1-2H3/b42-35-/t23-,31+/m1/s1. The number of benzene rings is 2. The highest BCUT2D eigenvalue weighted by Gasteiger charge is 2.30.